The van der Waals surface area contributed by atoms with E-state index in [0.29, 0.717) is 18.1 Å². The molecule has 8 heteroatoms. The van der Waals surface area contributed by atoms with Crippen molar-refractivity contribution >= 4 is 34.1 Å². The van der Waals surface area contributed by atoms with Crippen molar-refractivity contribution in [2.24, 2.45) is 5.73 Å². The molecule has 7 nitrogen and oxygen atoms in total. The third-order valence-corrected chi connectivity index (χ3v) is 5.12. The van der Waals surface area contributed by atoms with Gasteiger partial charge in [-0.2, -0.15) is 0 Å². The molecular formula is C19H23N5O2S. The molecule has 3 rings (SSSR count). The minimum absolute atomic E-state index is 0.304. The largest absolute Gasteiger partial charge is 0.486 e. The summed E-state index contributed by atoms with van der Waals surface area (Å²) in [6.07, 6.45) is 0. The summed E-state index contributed by atoms with van der Waals surface area (Å²) in [4.78, 5) is 21.1. The topological polar surface area (TPSA) is 98.4 Å². The van der Waals surface area contributed by atoms with Crippen LogP contribution in [0.15, 0.2) is 36.4 Å². The van der Waals surface area contributed by atoms with Crippen LogP contribution in [0.4, 0.5) is 0 Å². The van der Waals surface area contributed by atoms with E-state index in [-0.39, 0.29) is 11.9 Å². The number of thiophene rings is 1. The lowest BCUT2D eigenvalue weighted by Gasteiger charge is -2.12. The summed E-state index contributed by atoms with van der Waals surface area (Å²) >= 11 is 1.73. The summed E-state index contributed by atoms with van der Waals surface area (Å²) in [7, 11) is 5.56. The minimum atomic E-state index is -0.365. The Morgan fingerprint density at radius 1 is 1.22 bits per heavy atom. The molecule has 3 aromatic rings. The number of nitrogens with two attached hydrogens (primary N) is 1. The van der Waals surface area contributed by atoms with E-state index in [1.54, 1.807) is 17.4 Å². The van der Waals surface area contributed by atoms with Gasteiger partial charge in [0.25, 0.3) is 5.91 Å². The highest BCUT2D eigenvalue weighted by molar-refractivity contribution is 7.11. The third kappa shape index (κ3) is 4.29. The molecule has 4 N–H and O–H groups in total. The molecule has 2 heterocycles. The van der Waals surface area contributed by atoms with Crippen molar-refractivity contribution < 1.29 is 9.53 Å². The number of para-hydroxylation sites is 1. The second kappa shape index (κ2) is 7.81. The lowest BCUT2D eigenvalue weighted by Crippen LogP contribution is -2.38. The molecule has 0 aliphatic carbocycles. The van der Waals surface area contributed by atoms with Gasteiger partial charge in [0, 0.05) is 28.7 Å². The molecule has 0 saturated carbocycles. The first-order chi connectivity index (χ1) is 12.8. The molecule has 0 unspecified atom stereocenters. The number of fused-ring (bicyclic) bond motifs is 1. The van der Waals surface area contributed by atoms with E-state index >= 15 is 0 Å². The number of guanidine groups is 1. The van der Waals surface area contributed by atoms with E-state index in [9.17, 15) is 4.79 Å². The molecule has 2 aromatic heterocycles. The van der Waals surface area contributed by atoms with Crippen LogP contribution in [0, 0.1) is 5.41 Å². The van der Waals surface area contributed by atoms with Crippen molar-refractivity contribution in [2.75, 3.05) is 21.1 Å². The van der Waals surface area contributed by atoms with Gasteiger partial charge in [-0.05, 0) is 38.4 Å². The molecule has 142 valence electrons. The van der Waals surface area contributed by atoms with Gasteiger partial charge >= 0.3 is 0 Å². The zero-order chi connectivity index (χ0) is 19.6. The summed E-state index contributed by atoms with van der Waals surface area (Å²) in [5, 5.41) is 8.27. The highest BCUT2D eigenvalue weighted by Crippen LogP contribution is 2.28. The Morgan fingerprint density at radius 2 is 1.96 bits per heavy atom. The number of nitrogens with one attached hydrogen (secondary N) is 2. The summed E-state index contributed by atoms with van der Waals surface area (Å²) in [5.74, 6) is 0.0113. The number of aromatic nitrogens is 1. The number of carbonyl (C=O) groups is 1. The smallest absolute Gasteiger partial charge is 0.276 e. The number of rotatable bonds is 6. The van der Waals surface area contributed by atoms with Crippen LogP contribution >= 0.6 is 11.3 Å². The fraction of sp³-hybridized carbons (Fsp3) is 0.263. The quantitative estimate of drug-likeness (QED) is 0.449. The third-order valence-electron chi connectivity index (χ3n) is 4.07. The van der Waals surface area contributed by atoms with Gasteiger partial charge in [0.2, 0.25) is 0 Å². The molecule has 1 aromatic carbocycles. The van der Waals surface area contributed by atoms with Crippen LogP contribution < -0.4 is 10.5 Å². The predicted molar refractivity (Wildman–Crippen MR) is 108 cm³/mol. The second-order valence-electron chi connectivity index (χ2n) is 6.55. The van der Waals surface area contributed by atoms with Crippen molar-refractivity contribution in [2.45, 2.75) is 13.2 Å². The molecule has 1 amide bonds. The fourth-order valence-corrected chi connectivity index (χ4v) is 3.75. The summed E-state index contributed by atoms with van der Waals surface area (Å²) < 4.78 is 6.00. The van der Waals surface area contributed by atoms with Gasteiger partial charge in [0.1, 0.15) is 18.1 Å². The molecule has 0 spiro atoms. The van der Waals surface area contributed by atoms with Crippen LogP contribution in [0.1, 0.15) is 20.2 Å². The van der Waals surface area contributed by atoms with Crippen LogP contribution in [0.25, 0.3) is 10.9 Å². The normalized spacial score (nSPS) is 11.1. The maximum absolute atomic E-state index is 12.4. The zero-order valence-electron chi connectivity index (χ0n) is 15.6. The Balaban J connectivity index is 1.78. The van der Waals surface area contributed by atoms with Crippen LogP contribution in [0.5, 0.6) is 5.75 Å². The van der Waals surface area contributed by atoms with Crippen molar-refractivity contribution in [3.63, 3.8) is 0 Å². The molecule has 0 radical (unpaired) electrons. The minimum Gasteiger partial charge on any atom is -0.486 e. The summed E-state index contributed by atoms with van der Waals surface area (Å²) in [5.41, 5.74) is 6.51. The van der Waals surface area contributed by atoms with Crippen LogP contribution in [-0.2, 0) is 13.2 Å². The van der Waals surface area contributed by atoms with E-state index in [0.717, 1.165) is 27.2 Å². The first-order valence-corrected chi connectivity index (χ1v) is 9.25. The lowest BCUT2D eigenvalue weighted by molar-refractivity contribution is 0.0864. The number of H-pyrrole nitrogens is 1. The van der Waals surface area contributed by atoms with E-state index in [2.05, 4.69) is 22.0 Å². The maximum Gasteiger partial charge on any atom is 0.276 e. The second-order valence-corrected chi connectivity index (χ2v) is 7.80. The number of carbonyl (C=O) groups excluding carboxylic acids is 1. The number of benzene rings is 1. The summed E-state index contributed by atoms with van der Waals surface area (Å²) in [6, 6.07) is 11.6. The highest BCUT2D eigenvalue weighted by atomic mass is 32.1. The number of ether oxygens (including phenoxy) is 1. The Morgan fingerprint density at radius 3 is 2.67 bits per heavy atom. The average molecular weight is 385 g/mol. The van der Waals surface area contributed by atoms with Crippen molar-refractivity contribution in [3.8, 4) is 5.75 Å². The average Bonchev–Trinajstić information content (AvgIpc) is 3.24. The van der Waals surface area contributed by atoms with Gasteiger partial charge in [-0.1, -0.05) is 12.1 Å². The molecule has 0 saturated heterocycles. The molecule has 0 aliphatic rings. The molecule has 0 fully saturated rings. The van der Waals surface area contributed by atoms with E-state index in [4.69, 9.17) is 15.9 Å². The Hall–Kier alpha value is -2.84. The lowest BCUT2D eigenvalue weighted by atomic mass is 10.2. The number of amides is 1. The van der Waals surface area contributed by atoms with Gasteiger partial charge in [0.15, 0.2) is 5.96 Å². The summed E-state index contributed by atoms with van der Waals surface area (Å²) in [6.45, 7) is 1.37. The fourth-order valence-electron chi connectivity index (χ4n) is 2.70. The number of hydrogen-bond donors (Lipinski definition) is 3. The maximum atomic E-state index is 12.4. The Labute approximate surface area is 161 Å². The van der Waals surface area contributed by atoms with E-state index in [1.807, 2.05) is 32.3 Å². The number of hydrogen-bond acceptors (Lipinski definition) is 5. The van der Waals surface area contributed by atoms with Gasteiger partial charge in [-0.15, -0.1) is 11.3 Å². The van der Waals surface area contributed by atoms with E-state index in [1.165, 1.54) is 11.9 Å². The molecule has 27 heavy (non-hydrogen) atoms. The van der Waals surface area contributed by atoms with Crippen LogP contribution in [0.3, 0.4) is 0 Å². The molecule has 0 aliphatic heterocycles. The standard InChI is InChI=1S/C19H23N5O2S/c1-23(2)10-13-7-8-14(27-13)11-26-16-6-4-5-12-9-15(22-17(12)16)18(25)24(3)19(20)21/h4-9,22H,10-11H2,1-3H3,(H3,20,21). The van der Waals surface area contributed by atoms with Crippen molar-refractivity contribution in [3.05, 3.63) is 51.8 Å². The first-order valence-electron chi connectivity index (χ1n) is 8.44. The highest BCUT2D eigenvalue weighted by Gasteiger charge is 2.17. The Bertz CT molecular complexity index is 976. The van der Waals surface area contributed by atoms with Gasteiger partial charge < -0.3 is 20.4 Å². The SMILES string of the molecule is CN(C)Cc1ccc(COc2cccc3cc(C(=O)N(C)C(=N)N)[nH]c23)s1. The number of aromatic amines is 1. The zero-order valence-corrected chi connectivity index (χ0v) is 16.4. The van der Waals surface area contributed by atoms with Crippen LogP contribution in [0.2, 0.25) is 0 Å². The van der Waals surface area contributed by atoms with Crippen molar-refractivity contribution in [1.82, 2.24) is 14.8 Å². The van der Waals surface area contributed by atoms with Gasteiger partial charge in [0.05, 0.1) is 5.52 Å². The van der Waals surface area contributed by atoms with Crippen LogP contribution in [-0.4, -0.2) is 47.8 Å². The monoisotopic (exact) mass is 385 g/mol. The number of nitrogens with zero attached hydrogens (tertiary/aromatic N) is 2. The molecule has 0 bridgehead atoms. The van der Waals surface area contributed by atoms with Gasteiger partial charge in [-0.3, -0.25) is 15.1 Å². The first kappa shape index (κ1) is 18.9. The van der Waals surface area contributed by atoms with E-state index < -0.39 is 0 Å². The van der Waals surface area contributed by atoms with Gasteiger partial charge in [-0.25, -0.2) is 0 Å². The Kier molecular flexibility index (Phi) is 5.48. The molecular weight excluding hydrogens is 362 g/mol. The molecule has 0 atom stereocenters. The van der Waals surface area contributed by atoms with Crippen molar-refractivity contribution in [1.29, 1.82) is 5.41 Å². The predicted octanol–water partition coefficient (Wildman–Crippen LogP) is 2.84.